The largest absolute Gasteiger partial charge is 0.335 e. The van der Waals surface area contributed by atoms with Gasteiger partial charge in [0.05, 0.1) is 12.1 Å². The van der Waals surface area contributed by atoms with Gasteiger partial charge in [-0.3, -0.25) is 4.79 Å². The number of quaternary nitrogens is 1. The zero-order valence-corrected chi connectivity index (χ0v) is 17.4. The van der Waals surface area contributed by atoms with Crippen LogP contribution in [0.3, 0.4) is 0 Å². The Balaban J connectivity index is 1.55. The van der Waals surface area contributed by atoms with Crippen LogP contribution in [0.4, 0.5) is 0 Å². The Morgan fingerprint density at radius 1 is 1.00 bits per heavy atom. The predicted octanol–water partition coefficient (Wildman–Crippen LogP) is 0.888. The third-order valence-corrected chi connectivity index (χ3v) is 7.25. The van der Waals surface area contributed by atoms with Gasteiger partial charge in [0.1, 0.15) is 11.4 Å². The molecule has 1 aliphatic rings. The number of benzene rings is 2. The predicted molar refractivity (Wildman–Crippen MR) is 109 cm³/mol. The second kappa shape index (κ2) is 9.05. The Bertz CT molecular complexity index is 913. The number of piperazine rings is 1. The van der Waals surface area contributed by atoms with Gasteiger partial charge in [-0.2, -0.15) is 4.31 Å². The first-order valence-electron chi connectivity index (χ1n) is 9.25. The van der Waals surface area contributed by atoms with Crippen LogP contribution in [-0.4, -0.2) is 63.3 Å². The number of nitrogens with zero attached hydrogens (tertiary/aromatic N) is 2. The summed E-state index contributed by atoms with van der Waals surface area (Å²) in [6.45, 7) is 2.48. The maximum Gasteiger partial charge on any atom is 0.277 e. The quantitative estimate of drug-likeness (QED) is 0.752. The van der Waals surface area contributed by atoms with E-state index >= 15 is 0 Å². The molecule has 0 radical (unpaired) electrons. The van der Waals surface area contributed by atoms with Crippen molar-refractivity contribution in [3.8, 4) is 0 Å². The number of carbonyl (C=O) groups is 1. The summed E-state index contributed by atoms with van der Waals surface area (Å²) in [5.74, 6) is 0.0447. The molecule has 1 atom stereocenters. The van der Waals surface area contributed by atoms with Crippen molar-refractivity contribution in [2.24, 2.45) is 0 Å². The maximum absolute atomic E-state index is 12.8. The van der Waals surface area contributed by atoms with E-state index < -0.39 is 10.0 Å². The number of likely N-dealkylation sites (N-methyl/N-ethyl adjacent to an activating group) is 1. The van der Waals surface area contributed by atoms with Crippen LogP contribution in [0, 0.1) is 0 Å². The van der Waals surface area contributed by atoms with Gasteiger partial charge in [-0.1, -0.05) is 54.1 Å². The third-order valence-electron chi connectivity index (χ3n) is 4.85. The Kier molecular flexibility index (Phi) is 6.72. The van der Waals surface area contributed by atoms with Crippen molar-refractivity contribution in [3.05, 3.63) is 65.2 Å². The summed E-state index contributed by atoms with van der Waals surface area (Å²) in [7, 11) is -1.66. The molecule has 0 spiro atoms. The summed E-state index contributed by atoms with van der Waals surface area (Å²) < 4.78 is 27.0. The van der Waals surface area contributed by atoms with Crippen LogP contribution in [-0.2, 0) is 21.4 Å². The molecule has 1 heterocycles. The van der Waals surface area contributed by atoms with E-state index in [2.05, 4.69) is 0 Å². The molecule has 0 aromatic heterocycles. The lowest BCUT2D eigenvalue weighted by Crippen LogP contribution is -3.09. The third kappa shape index (κ3) is 4.91. The molecule has 0 saturated carbocycles. The number of sulfonamides is 1. The van der Waals surface area contributed by atoms with Gasteiger partial charge in [-0.25, -0.2) is 8.42 Å². The van der Waals surface area contributed by atoms with Crippen LogP contribution in [0.5, 0.6) is 0 Å². The summed E-state index contributed by atoms with van der Waals surface area (Å²) in [5, 5.41) is 0.215. The number of rotatable bonds is 6. The normalized spacial score (nSPS) is 16.7. The first-order valence-corrected chi connectivity index (χ1v) is 11.1. The molecule has 3 rings (SSSR count). The molecule has 0 aliphatic carbocycles. The molecule has 1 N–H and O–H groups in total. The van der Waals surface area contributed by atoms with Crippen LogP contribution in [0.15, 0.2) is 59.5 Å². The van der Waals surface area contributed by atoms with E-state index in [-0.39, 0.29) is 28.9 Å². The minimum absolute atomic E-state index is 0.0447. The Labute approximate surface area is 171 Å². The highest BCUT2D eigenvalue weighted by Crippen LogP contribution is 2.24. The number of carbonyl (C=O) groups excluding carboxylic acids is 1. The van der Waals surface area contributed by atoms with Crippen molar-refractivity contribution in [1.29, 1.82) is 0 Å². The maximum atomic E-state index is 12.8. The lowest BCUT2D eigenvalue weighted by molar-refractivity contribution is -0.885. The molecule has 0 bridgehead atoms. The van der Waals surface area contributed by atoms with Gasteiger partial charge in [-0.15, -0.1) is 0 Å². The molecular weight excluding hydrogens is 398 g/mol. The number of amides is 1. The number of hydrogen-bond donors (Lipinski definition) is 1. The summed E-state index contributed by atoms with van der Waals surface area (Å²) in [5.41, 5.74) is 1.18. The van der Waals surface area contributed by atoms with E-state index in [9.17, 15) is 13.2 Å². The van der Waals surface area contributed by atoms with Crippen LogP contribution in [0.2, 0.25) is 5.02 Å². The van der Waals surface area contributed by atoms with Gasteiger partial charge in [0.2, 0.25) is 10.0 Å². The van der Waals surface area contributed by atoms with Gasteiger partial charge in [0.25, 0.3) is 5.91 Å². The summed E-state index contributed by atoms with van der Waals surface area (Å²) in [4.78, 5) is 15.6. The molecule has 150 valence electrons. The van der Waals surface area contributed by atoms with E-state index in [0.29, 0.717) is 19.6 Å². The highest BCUT2D eigenvalue weighted by atomic mass is 35.5. The van der Waals surface area contributed by atoms with Crippen molar-refractivity contribution in [3.63, 3.8) is 0 Å². The van der Waals surface area contributed by atoms with Crippen molar-refractivity contribution in [2.45, 2.75) is 11.4 Å². The Morgan fingerprint density at radius 2 is 1.61 bits per heavy atom. The number of nitrogens with one attached hydrogen (secondary N) is 1. The molecule has 1 fully saturated rings. The molecule has 28 heavy (non-hydrogen) atoms. The lowest BCUT2D eigenvalue weighted by atomic mass is 10.2. The van der Waals surface area contributed by atoms with E-state index in [1.165, 1.54) is 15.9 Å². The van der Waals surface area contributed by atoms with Crippen molar-refractivity contribution >= 4 is 27.5 Å². The molecule has 1 amide bonds. The van der Waals surface area contributed by atoms with Crippen LogP contribution in [0.1, 0.15) is 5.56 Å². The molecule has 8 heteroatoms. The lowest BCUT2D eigenvalue weighted by Gasteiger charge is -2.34. The van der Waals surface area contributed by atoms with E-state index in [4.69, 9.17) is 11.6 Å². The Hall–Kier alpha value is -1.93. The van der Waals surface area contributed by atoms with Gasteiger partial charge in [-0.05, 0) is 12.1 Å². The molecule has 1 unspecified atom stereocenters. The second-order valence-electron chi connectivity index (χ2n) is 7.01. The Morgan fingerprint density at radius 3 is 2.25 bits per heavy atom. The average molecular weight is 423 g/mol. The van der Waals surface area contributed by atoms with Crippen LogP contribution >= 0.6 is 11.6 Å². The zero-order valence-electron chi connectivity index (χ0n) is 15.8. The van der Waals surface area contributed by atoms with Gasteiger partial charge in [0, 0.05) is 31.7 Å². The van der Waals surface area contributed by atoms with Crippen LogP contribution in [0.25, 0.3) is 0 Å². The SMILES string of the molecule is C[NH+](CC(=O)N1CCN(S(=O)(=O)c2ccccc2Cl)CC1)Cc1ccccc1. The minimum atomic E-state index is -3.65. The molecule has 1 saturated heterocycles. The van der Waals surface area contributed by atoms with Crippen molar-refractivity contribution in [2.75, 3.05) is 39.8 Å². The number of hydrogen-bond acceptors (Lipinski definition) is 3. The first-order chi connectivity index (χ1) is 13.4. The van der Waals surface area contributed by atoms with Crippen LogP contribution < -0.4 is 4.90 Å². The van der Waals surface area contributed by atoms with Gasteiger partial charge < -0.3 is 9.80 Å². The smallest absolute Gasteiger partial charge is 0.277 e. The molecular formula is C20H25ClN3O3S+. The zero-order chi connectivity index (χ0) is 20.1. The fourth-order valence-electron chi connectivity index (χ4n) is 3.35. The average Bonchev–Trinajstić information content (AvgIpc) is 2.69. The van der Waals surface area contributed by atoms with Gasteiger partial charge in [0.15, 0.2) is 6.54 Å². The fraction of sp³-hybridized carbons (Fsp3) is 0.350. The molecule has 2 aromatic carbocycles. The van der Waals surface area contributed by atoms with Crippen molar-refractivity contribution in [1.82, 2.24) is 9.21 Å². The standard InChI is InChI=1S/C20H24ClN3O3S/c1-22(15-17-7-3-2-4-8-17)16-20(25)23-11-13-24(14-12-23)28(26,27)19-10-6-5-9-18(19)21/h2-10H,11-16H2,1H3/p+1. The highest BCUT2D eigenvalue weighted by Gasteiger charge is 2.31. The van der Waals surface area contributed by atoms with E-state index in [0.717, 1.165) is 11.4 Å². The fourth-order valence-corrected chi connectivity index (χ4v) is 5.26. The van der Waals surface area contributed by atoms with E-state index in [1.807, 2.05) is 37.4 Å². The van der Waals surface area contributed by atoms with Gasteiger partial charge >= 0.3 is 0 Å². The van der Waals surface area contributed by atoms with E-state index in [1.54, 1.807) is 23.1 Å². The summed E-state index contributed by atoms with van der Waals surface area (Å²) in [6.07, 6.45) is 0. The molecule has 6 nitrogen and oxygen atoms in total. The second-order valence-corrected chi connectivity index (χ2v) is 9.33. The molecule has 2 aromatic rings. The monoisotopic (exact) mass is 422 g/mol. The summed E-state index contributed by atoms with van der Waals surface area (Å²) in [6, 6.07) is 16.5. The summed E-state index contributed by atoms with van der Waals surface area (Å²) >= 11 is 6.06. The first kappa shape index (κ1) is 20.8. The minimum Gasteiger partial charge on any atom is -0.335 e. The highest BCUT2D eigenvalue weighted by molar-refractivity contribution is 7.89. The number of halogens is 1. The topological polar surface area (TPSA) is 62.1 Å². The van der Waals surface area contributed by atoms with Crippen molar-refractivity contribution < 1.29 is 18.1 Å². The molecule has 1 aliphatic heterocycles.